The number of aliphatic hydroxyl groups is 1. The number of aromatic nitrogens is 5. The molecule has 3 N–H and O–H groups in total. The maximum Gasteiger partial charge on any atom is 0.258 e. The van der Waals surface area contributed by atoms with Crippen LogP contribution in [0.2, 0.25) is 0 Å². The van der Waals surface area contributed by atoms with E-state index in [4.69, 9.17) is 25.3 Å². The van der Waals surface area contributed by atoms with Crippen LogP contribution in [0.3, 0.4) is 0 Å². The molecule has 0 bridgehead atoms. The second kappa shape index (κ2) is 8.15. The first kappa shape index (κ1) is 19.9. The predicted octanol–water partition coefficient (Wildman–Crippen LogP) is 1.40. The topological polar surface area (TPSA) is 130 Å². The number of carbonyl (C=O) groups excluding carboxylic acids is 1. The van der Waals surface area contributed by atoms with Crippen LogP contribution in [0, 0.1) is 0 Å². The van der Waals surface area contributed by atoms with E-state index in [1.165, 1.54) is 6.33 Å². The van der Waals surface area contributed by atoms with Crippen molar-refractivity contribution >= 4 is 5.91 Å². The van der Waals surface area contributed by atoms with Gasteiger partial charge in [-0.1, -0.05) is 0 Å². The van der Waals surface area contributed by atoms with Gasteiger partial charge in [-0.3, -0.25) is 4.79 Å². The van der Waals surface area contributed by atoms with E-state index in [1.54, 1.807) is 12.1 Å². The SMILES string of the molecule is CC(C)n1ncnc1-c1cn2c(n1)-c1ccc(O[C@@H](CCO)C(N)=O)cc1OCC2. The van der Waals surface area contributed by atoms with Gasteiger partial charge in [0.05, 0.1) is 12.1 Å². The highest BCUT2D eigenvalue weighted by Gasteiger charge is 2.23. The van der Waals surface area contributed by atoms with E-state index < -0.39 is 12.0 Å². The highest BCUT2D eigenvalue weighted by atomic mass is 16.5. The molecule has 0 spiro atoms. The van der Waals surface area contributed by atoms with Crippen molar-refractivity contribution in [3.05, 3.63) is 30.7 Å². The van der Waals surface area contributed by atoms with Crippen LogP contribution in [0.4, 0.5) is 0 Å². The maximum absolute atomic E-state index is 11.5. The van der Waals surface area contributed by atoms with Gasteiger partial charge in [0.1, 0.15) is 36.0 Å². The molecule has 0 unspecified atom stereocenters. The average molecular weight is 412 g/mol. The number of hydrogen-bond donors (Lipinski definition) is 2. The molecule has 2 aromatic heterocycles. The van der Waals surface area contributed by atoms with Crippen LogP contribution >= 0.6 is 0 Å². The fraction of sp³-hybridized carbons (Fsp3) is 0.400. The molecule has 0 aliphatic carbocycles. The third-order valence-corrected chi connectivity index (χ3v) is 4.84. The lowest BCUT2D eigenvalue weighted by molar-refractivity contribution is -0.125. The molecule has 0 saturated heterocycles. The second-order valence-corrected chi connectivity index (χ2v) is 7.29. The van der Waals surface area contributed by atoms with Gasteiger partial charge in [-0.15, -0.1) is 0 Å². The fourth-order valence-corrected chi connectivity index (χ4v) is 3.40. The number of fused-ring (bicyclic) bond motifs is 3. The quantitative estimate of drug-likeness (QED) is 0.600. The first-order valence-corrected chi connectivity index (χ1v) is 9.79. The van der Waals surface area contributed by atoms with Crippen LogP contribution in [0.25, 0.3) is 22.9 Å². The molecule has 1 amide bonds. The molecule has 4 rings (SSSR count). The van der Waals surface area contributed by atoms with Crippen LogP contribution in [0.15, 0.2) is 30.7 Å². The number of ether oxygens (including phenoxy) is 2. The van der Waals surface area contributed by atoms with Crippen LogP contribution in [0.5, 0.6) is 11.5 Å². The van der Waals surface area contributed by atoms with Gasteiger partial charge in [-0.2, -0.15) is 5.10 Å². The summed E-state index contributed by atoms with van der Waals surface area (Å²) in [6.45, 7) is 4.96. The Balaban J connectivity index is 1.68. The van der Waals surface area contributed by atoms with Crippen molar-refractivity contribution in [2.24, 2.45) is 5.73 Å². The summed E-state index contributed by atoms with van der Waals surface area (Å²) < 4.78 is 15.4. The van der Waals surface area contributed by atoms with Crippen molar-refractivity contribution in [1.29, 1.82) is 0 Å². The summed E-state index contributed by atoms with van der Waals surface area (Å²) in [5.74, 6) is 1.87. The Bertz CT molecular complexity index is 1060. The minimum absolute atomic E-state index is 0.123. The van der Waals surface area contributed by atoms with Gasteiger partial charge >= 0.3 is 0 Å². The number of benzene rings is 1. The minimum atomic E-state index is -0.908. The van der Waals surface area contributed by atoms with E-state index in [1.807, 2.05) is 35.4 Å². The van der Waals surface area contributed by atoms with E-state index in [0.717, 1.165) is 17.1 Å². The van der Waals surface area contributed by atoms with E-state index in [9.17, 15) is 4.79 Å². The Morgan fingerprint density at radius 2 is 2.20 bits per heavy atom. The molecule has 158 valence electrons. The van der Waals surface area contributed by atoms with Gasteiger partial charge < -0.3 is 24.9 Å². The zero-order valence-corrected chi connectivity index (χ0v) is 16.9. The Labute approximate surface area is 173 Å². The Hall–Kier alpha value is -3.40. The van der Waals surface area contributed by atoms with Crippen molar-refractivity contribution < 1.29 is 19.4 Å². The lowest BCUT2D eigenvalue weighted by atomic mass is 10.1. The zero-order valence-electron chi connectivity index (χ0n) is 16.9. The van der Waals surface area contributed by atoms with Crippen LogP contribution in [0.1, 0.15) is 26.3 Å². The van der Waals surface area contributed by atoms with Gasteiger partial charge in [0.25, 0.3) is 5.91 Å². The van der Waals surface area contributed by atoms with Crippen LogP contribution in [-0.4, -0.2) is 54.6 Å². The zero-order chi connectivity index (χ0) is 21.3. The predicted molar refractivity (Wildman–Crippen MR) is 108 cm³/mol. The van der Waals surface area contributed by atoms with E-state index in [2.05, 4.69) is 10.1 Å². The molecule has 10 heteroatoms. The van der Waals surface area contributed by atoms with E-state index in [0.29, 0.717) is 30.5 Å². The Morgan fingerprint density at radius 1 is 1.37 bits per heavy atom. The third-order valence-electron chi connectivity index (χ3n) is 4.84. The Kier molecular flexibility index (Phi) is 5.40. The maximum atomic E-state index is 11.5. The number of carbonyl (C=O) groups is 1. The molecular formula is C20H24N6O4. The van der Waals surface area contributed by atoms with E-state index >= 15 is 0 Å². The number of amides is 1. The third kappa shape index (κ3) is 3.73. The molecule has 30 heavy (non-hydrogen) atoms. The molecule has 1 atom stereocenters. The largest absolute Gasteiger partial charge is 0.491 e. The first-order chi connectivity index (χ1) is 14.5. The highest BCUT2D eigenvalue weighted by molar-refractivity contribution is 5.79. The lowest BCUT2D eigenvalue weighted by Crippen LogP contribution is -2.34. The molecule has 1 aliphatic heterocycles. The highest BCUT2D eigenvalue weighted by Crippen LogP contribution is 2.36. The summed E-state index contributed by atoms with van der Waals surface area (Å²) in [5, 5.41) is 13.4. The van der Waals surface area contributed by atoms with Crippen molar-refractivity contribution in [3.8, 4) is 34.4 Å². The number of aliphatic hydroxyl groups excluding tert-OH is 1. The molecule has 0 radical (unpaired) electrons. The van der Waals surface area contributed by atoms with Crippen molar-refractivity contribution in [1.82, 2.24) is 24.3 Å². The monoisotopic (exact) mass is 412 g/mol. The summed E-state index contributed by atoms with van der Waals surface area (Å²) in [6, 6.07) is 5.44. The smallest absolute Gasteiger partial charge is 0.258 e. The van der Waals surface area contributed by atoms with Crippen LogP contribution in [-0.2, 0) is 11.3 Å². The molecular weight excluding hydrogens is 388 g/mol. The number of nitrogens with two attached hydrogens (primary N) is 1. The standard InChI is InChI=1S/C20H24N6O4/c1-12(2)26-20(22-11-23-26)15-10-25-6-8-29-17-9-13(3-4-14(17)19(25)24-15)30-16(5-7-27)18(21)28/h3-4,9-12,16,27H,5-8H2,1-2H3,(H2,21,28)/t16-/m0/s1. The molecule has 1 aliphatic rings. The van der Waals surface area contributed by atoms with Crippen LogP contribution < -0.4 is 15.2 Å². The molecule has 0 fully saturated rings. The van der Waals surface area contributed by atoms with Gasteiger partial charge in [0, 0.05) is 31.3 Å². The first-order valence-electron chi connectivity index (χ1n) is 9.79. The summed E-state index contributed by atoms with van der Waals surface area (Å²) >= 11 is 0. The van der Waals surface area contributed by atoms with Crippen molar-refractivity contribution in [2.75, 3.05) is 13.2 Å². The summed E-state index contributed by atoms with van der Waals surface area (Å²) in [5.41, 5.74) is 6.89. The summed E-state index contributed by atoms with van der Waals surface area (Å²) in [4.78, 5) is 20.7. The lowest BCUT2D eigenvalue weighted by Gasteiger charge is -2.16. The van der Waals surface area contributed by atoms with Gasteiger partial charge in [-0.25, -0.2) is 14.6 Å². The Morgan fingerprint density at radius 3 is 2.93 bits per heavy atom. The number of nitrogens with zero attached hydrogens (tertiary/aromatic N) is 5. The molecule has 0 saturated carbocycles. The number of rotatable bonds is 7. The van der Waals surface area contributed by atoms with Gasteiger partial charge in [-0.05, 0) is 26.0 Å². The van der Waals surface area contributed by atoms with Gasteiger partial charge in [0.2, 0.25) is 0 Å². The number of imidazole rings is 1. The number of primary amides is 1. The van der Waals surface area contributed by atoms with E-state index in [-0.39, 0.29) is 19.1 Å². The fourth-order valence-electron chi connectivity index (χ4n) is 3.40. The summed E-state index contributed by atoms with van der Waals surface area (Å²) in [6.07, 6.45) is 2.69. The second-order valence-electron chi connectivity index (χ2n) is 7.29. The minimum Gasteiger partial charge on any atom is -0.491 e. The molecule has 3 aromatic rings. The molecule has 3 heterocycles. The van der Waals surface area contributed by atoms with Gasteiger partial charge in [0.15, 0.2) is 11.9 Å². The van der Waals surface area contributed by atoms with Crippen molar-refractivity contribution in [3.63, 3.8) is 0 Å². The number of hydrogen-bond acceptors (Lipinski definition) is 7. The van der Waals surface area contributed by atoms with Crippen molar-refractivity contribution in [2.45, 2.75) is 39.0 Å². The summed E-state index contributed by atoms with van der Waals surface area (Å²) in [7, 11) is 0. The molecule has 10 nitrogen and oxygen atoms in total. The average Bonchev–Trinajstić information content (AvgIpc) is 3.32. The molecule has 1 aromatic carbocycles. The normalized spacial score (nSPS) is 13.9.